The van der Waals surface area contributed by atoms with Crippen LogP contribution in [-0.2, 0) is 4.79 Å². The third kappa shape index (κ3) is 3.57. The number of nitro benzene ring substituents is 1. The van der Waals surface area contributed by atoms with Crippen molar-refractivity contribution in [3.05, 3.63) is 28.3 Å². The third-order valence-electron chi connectivity index (χ3n) is 2.58. The second-order valence-electron chi connectivity index (χ2n) is 4.24. The molecule has 0 aliphatic heterocycles. The average Bonchev–Trinajstić information content (AvgIpc) is 2.37. The highest BCUT2D eigenvalue weighted by Gasteiger charge is 2.20. The summed E-state index contributed by atoms with van der Waals surface area (Å²) in [7, 11) is 4.69. The summed E-state index contributed by atoms with van der Waals surface area (Å²) in [4.78, 5) is 23.6. The molecule has 0 aliphatic carbocycles. The van der Waals surface area contributed by atoms with Gasteiger partial charge in [-0.1, -0.05) is 0 Å². The van der Waals surface area contributed by atoms with Crippen LogP contribution in [0.3, 0.4) is 0 Å². The predicted molar refractivity (Wildman–Crippen MR) is 71.4 cm³/mol. The van der Waals surface area contributed by atoms with E-state index in [9.17, 15) is 14.9 Å². The molecule has 0 radical (unpaired) electrons. The lowest BCUT2D eigenvalue weighted by molar-refractivity contribution is -0.384. The largest absolute Gasteiger partial charge is 0.496 e. The molecular weight excluding hydrogens is 250 g/mol. The molecule has 1 aromatic rings. The van der Waals surface area contributed by atoms with Crippen LogP contribution >= 0.6 is 0 Å². The van der Waals surface area contributed by atoms with Gasteiger partial charge < -0.3 is 15.0 Å². The van der Waals surface area contributed by atoms with E-state index in [0.717, 1.165) is 0 Å². The van der Waals surface area contributed by atoms with Gasteiger partial charge >= 0.3 is 0 Å². The summed E-state index contributed by atoms with van der Waals surface area (Å²) in [5.41, 5.74) is 0.159. The van der Waals surface area contributed by atoms with E-state index in [0.29, 0.717) is 5.75 Å². The Hall–Kier alpha value is -2.31. The first-order valence-electron chi connectivity index (χ1n) is 5.67. The molecule has 7 heteroatoms. The second-order valence-corrected chi connectivity index (χ2v) is 4.24. The van der Waals surface area contributed by atoms with Crippen LogP contribution in [-0.4, -0.2) is 43.0 Å². The number of carbonyl (C=O) groups is 1. The number of benzene rings is 1. The van der Waals surface area contributed by atoms with E-state index in [1.54, 1.807) is 27.1 Å². The van der Waals surface area contributed by atoms with Gasteiger partial charge in [0, 0.05) is 14.1 Å². The van der Waals surface area contributed by atoms with Crippen LogP contribution in [0.1, 0.15) is 6.92 Å². The van der Waals surface area contributed by atoms with Gasteiger partial charge in [0.05, 0.1) is 18.1 Å². The summed E-state index contributed by atoms with van der Waals surface area (Å²) >= 11 is 0. The van der Waals surface area contributed by atoms with Crippen molar-refractivity contribution in [3.63, 3.8) is 0 Å². The summed E-state index contributed by atoms with van der Waals surface area (Å²) in [6, 6.07) is 3.88. The number of nitrogens with zero attached hydrogens (tertiary/aromatic N) is 2. The summed E-state index contributed by atoms with van der Waals surface area (Å²) in [6.45, 7) is 1.65. The molecule has 0 aliphatic rings. The van der Waals surface area contributed by atoms with E-state index in [4.69, 9.17) is 4.74 Å². The number of likely N-dealkylation sites (N-methyl/N-ethyl adjacent to an activating group) is 1. The highest BCUT2D eigenvalue weighted by atomic mass is 16.6. The smallest absolute Gasteiger partial charge is 0.296 e. The fourth-order valence-electron chi connectivity index (χ4n) is 1.59. The molecule has 19 heavy (non-hydrogen) atoms. The van der Waals surface area contributed by atoms with Gasteiger partial charge in [0.15, 0.2) is 0 Å². The summed E-state index contributed by atoms with van der Waals surface area (Å²) in [6.07, 6.45) is 0. The van der Waals surface area contributed by atoms with Crippen molar-refractivity contribution in [2.24, 2.45) is 0 Å². The number of nitrogens with one attached hydrogen (secondary N) is 1. The predicted octanol–water partition coefficient (Wildman–Crippen LogP) is 1.49. The van der Waals surface area contributed by atoms with Crippen molar-refractivity contribution in [1.29, 1.82) is 0 Å². The highest BCUT2D eigenvalue weighted by Crippen LogP contribution is 2.29. The minimum absolute atomic E-state index is 0.127. The Balaban J connectivity index is 3.01. The Morgan fingerprint density at radius 1 is 1.47 bits per heavy atom. The number of hydrogen-bond donors (Lipinski definition) is 1. The third-order valence-corrected chi connectivity index (χ3v) is 2.58. The molecule has 1 atom stereocenters. The van der Waals surface area contributed by atoms with E-state index < -0.39 is 11.0 Å². The van der Waals surface area contributed by atoms with E-state index in [-0.39, 0.29) is 17.3 Å². The van der Waals surface area contributed by atoms with Crippen LogP contribution < -0.4 is 10.1 Å². The van der Waals surface area contributed by atoms with Crippen molar-refractivity contribution >= 4 is 17.3 Å². The van der Waals surface area contributed by atoms with Crippen molar-refractivity contribution in [3.8, 4) is 5.75 Å². The number of amides is 1. The van der Waals surface area contributed by atoms with Crippen molar-refractivity contribution in [2.75, 3.05) is 26.5 Å². The standard InChI is InChI=1S/C12H17N3O4/c1-8(12(16)14(2)3)13-10-6-5-9(19-4)7-11(10)15(17)18/h5-8,13H,1-4H3. The van der Waals surface area contributed by atoms with Gasteiger partial charge in [0.25, 0.3) is 5.69 Å². The summed E-state index contributed by atoms with van der Waals surface area (Å²) in [5.74, 6) is 0.231. The van der Waals surface area contributed by atoms with Crippen LogP contribution in [0.5, 0.6) is 5.75 Å². The number of methoxy groups -OCH3 is 1. The van der Waals surface area contributed by atoms with Crippen molar-refractivity contribution in [1.82, 2.24) is 4.90 Å². The van der Waals surface area contributed by atoms with E-state index in [1.807, 2.05) is 0 Å². The molecule has 0 bridgehead atoms. The van der Waals surface area contributed by atoms with E-state index >= 15 is 0 Å². The Morgan fingerprint density at radius 2 is 2.11 bits per heavy atom. The lowest BCUT2D eigenvalue weighted by Gasteiger charge is -2.19. The van der Waals surface area contributed by atoms with Crippen LogP contribution in [0, 0.1) is 10.1 Å². The molecule has 0 saturated carbocycles. The van der Waals surface area contributed by atoms with Gasteiger partial charge in [0.2, 0.25) is 5.91 Å². The Kier molecular flexibility index (Phi) is 4.68. The van der Waals surface area contributed by atoms with Crippen LogP contribution in [0.15, 0.2) is 18.2 Å². The normalized spacial score (nSPS) is 11.6. The molecule has 0 aromatic heterocycles. The molecule has 1 amide bonds. The molecule has 1 aromatic carbocycles. The molecule has 0 saturated heterocycles. The first-order valence-corrected chi connectivity index (χ1v) is 5.67. The fourth-order valence-corrected chi connectivity index (χ4v) is 1.59. The number of hydrogen-bond acceptors (Lipinski definition) is 5. The summed E-state index contributed by atoms with van der Waals surface area (Å²) in [5, 5.41) is 13.8. The molecule has 104 valence electrons. The minimum atomic E-state index is -0.554. The van der Waals surface area contributed by atoms with Crippen LogP contribution in [0.25, 0.3) is 0 Å². The van der Waals surface area contributed by atoms with Crippen LogP contribution in [0.2, 0.25) is 0 Å². The quantitative estimate of drug-likeness (QED) is 0.645. The molecule has 0 heterocycles. The lowest BCUT2D eigenvalue weighted by atomic mass is 10.2. The maximum absolute atomic E-state index is 11.7. The molecule has 0 fully saturated rings. The molecular formula is C12H17N3O4. The number of ether oxygens (including phenoxy) is 1. The number of nitro groups is 1. The Labute approximate surface area is 111 Å². The number of anilines is 1. The SMILES string of the molecule is COc1ccc(NC(C)C(=O)N(C)C)c([N+](=O)[O-])c1. The lowest BCUT2D eigenvalue weighted by Crippen LogP contribution is -2.36. The average molecular weight is 267 g/mol. The first-order chi connectivity index (χ1) is 8.86. The van der Waals surface area contributed by atoms with Gasteiger partial charge in [-0.2, -0.15) is 0 Å². The summed E-state index contributed by atoms with van der Waals surface area (Å²) < 4.78 is 4.94. The zero-order valence-electron chi connectivity index (χ0n) is 11.3. The van der Waals surface area contributed by atoms with Gasteiger partial charge in [0.1, 0.15) is 17.5 Å². The monoisotopic (exact) mass is 267 g/mol. The Bertz CT molecular complexity index is 488. The van der Waals surface area contributed by atoms with Gasteiger partial charge in [-0.05, 0) is 19.1 Å². The number of carbonyl (C=O) groups excluding carboxylic acids is 1. The second kappa shape index (κ2) is 6.03. The zero-order valence-corrected chi connectivity index (χ0v) is 11.3. The first kappa shape index (κ1) is 14.7. The topological polar surface area (TPSA) is 84.7 Å². The maximum atomic E-state index is 11.7. The molecule has 7 nitrogen and oxygen atoms in total. The van der Waals surface area contributed by atoms with Gasteiger partial charge in [-0.3, -0.25) is 14.9 Å². The van der Waals surface area contributed by atoms with Crippen LogP contribution in [0.4, 0.5) is 11.4 Å². The van der Waals surface area contributed by atoms with E-state index in [2.05, 4.69) is 5.32 Å². The molecule has 1 unspecified atom stereocenters. The molecule has 1 N–H and O–H groups in total. The fraction of sp³-hybridized carbons (Fsp3) is 0.417. The number of rotatable bonds is 5. The van der Waals surface area contributed by atoms with Crippen molar-refractivity contribution < 1.29 is 14.5 Å². The van der Waals surface area contributed by atoms with E-state index in [1.165, 1.54) is 24.1 Å². The minimum Gasteiger partial charge on any atom is -0.496 e. The maximum Gasteiger partial charge on any atom is 0.296 e. The van der Waals surface area contributed by atoms with Gasteiger partial charge in [-0.25, -0.2) is 0 Å². The van der Waals surface area contributed by atoms with Crippen molar-refractivity contribution in [2.45, 2.75) is 13.0 Å². The molecule has 1 rings (SSSR count). The zero-order chi connectivity index (χ0) is 14.6. The Morgan fingerprint density at radius 3 is 2.58 bits per heavy atom. The highest BCUT2D eigenvalue weighted by molar-refractivity contribution is 5.84. The van der Waals surface area contributed by atoms with Gasteiger partial charge in [-0.15, -0.1) is 0 Å². The molecule has 0 spiro atoms.